The summed E-state index contributed by atoms with van der Waals surface area (Å²) >= 11 is 1.55. The van der Waals surface area contributed by atoms with Gasteiger partial charge >= 0.3 is 0 Å². The van der Waals surface area contributed by atoms with Crippen LogP contribution in [0, 0.1) is 6.92 Å². The van der Waals surface area contributed by atoms with Gasteiger partial charge in [-0.1, -0.05) is 42.0 Å². The third kappa shape index (κ3) is 3.79. The van der Waals surface area contributed by atoms with E-state index >= 15 is 0 Å². The zero-order valence-corrected chi connectivity index (χ0v) is 18.1. The van der Waals surface area contributed by atoms with E-state index in [1.807, 2.05) is 55.5 Å². The van der Waals surface area contributed by atoms with Crippen LogP contribution in [0.2, 0.25) is 0 Å². The number of nitrogens with one attached hydrogen (secondary N) is 2. The van der Waals surface area contributed by atoms with E-state index in [4.69, 9.17) is 4.99 Å². The number of fused-ring (bicyclic) bond motifs is 2. The van der Waals surface area contributed by atoms with E-state index in [1.54, 1.807) is 11.3 Å². The highest BCUT2D eigenvalue weighted by atomic mass is 32.1. The highest BCUT2D eigenvalue weighted by Gasteiger charge is 2.29. The van der Waals surface area contributed by atoms with E-state index < -0.39 is 0 Å². The number of aliphatic imine (C=N–C) groups is 1. The van der Waals surface area contributed by atoms with Gasteiger partial charge in [0, 0.05) is 17.0 Å². The predicted molar refractivity (Wildman–Crippen MR) is 125 cm³/mol. The van der Waals surface area contributed by atoms with Gasteiger partial charge in [0.1, 0.15) is 10.7 Å². The summed E-state index contributed by atoms with van der Waals surface area (Å²) in [6, 6.07) is 15.7. The molecule has 0 saturated carbocycles. The summed E-state index contributed by atoms with van der Waals surface area (Å²) in [4.78, 5) is 31.9. The Morgan fingerprint density at radius 2 is 1.94 bits per heavy atom. The molecule has 0 spiro atoms. The monoisotopic (exact) mass is 429 g/mol. The van der Waals surface area contributed by atoms with Gasteiger partial charge in [0.2, 0.25) is 0 Å². The standard InChI is InChI=1S/C25H23N3O2S/c1-15-11-12-19-18(13-15)22(24(30)27-19)28-25-21(17-9-5-6-10-20(17)31-25)23(29)26-14-16-7-3-2-4-8-16/h2-4,7-8,11-13H,5-6,9-10,14H2,1H3,(H,26,29)(H,27,28,30). The summed E-state index contributed by atoms with van der Waals surface area (Å²) in [5, 5.41) is 6.58. The number of amides is 2. The van der Waals surface area contributed by atoms with Crippen molar-refractivity contribution < 1.29 is 9.59 Å². The number of rotatable bonds is 4. The molecular formula is C25H23N3O2S. The van der Waals surface area contributed by atoms with Crippen LogP contribution < -0.4 is 10.6 Å². The maximum absolute atomic E-state index is 13.3. The van der Waals surface area contributed by atoms with E-state index in [9.17, 15) is 9.59 Å². The maximum Gasteiger partial charge on any atom is 0.275 e. The van der Waals surface area contributed by atoms with Crippen molar-refractivity contribution in [2.24, 2.45) is 4.99 Å². The molecule has 31 heavy (non-hydrogen) atoms. The quantitative estimate of drug-likeness (QED) is 0.617. The lowest BCUT2D eigenvalue weighted by Crippen LogP contribution is -2.24. The predicted octanol–water partition coefficient (Wildman–Crippen LogP) is 4.94. The van der Waals surface area contributed by atoms with Crippen LogP contribution in [0.1, 0.15) is 50.3 Å². The Kier molecular flexibility index (Phi) is 5.16. The fourth-order valence-electron chi connectivity index (χ4n) is 4.21. The molecule has 1 aliphatic heterocycles. The molecular weight excluding hydrogens is 406 g/mol. The lowest BCUT2D eigenvalue weighted by molar-refractivity contribution is -0.110. The molecule has 1 aromatic heterocycles. The Balaban J connectivity index is 1.53. The molecule has 0 saturated heterocycles. The number of carbonyl (C=O) groups excluding carboxylic acids is 2. The molecule has 3 aromatic rings. The zero-order valence-electron chi connectivity index (χ0n) is 17.3. The van der Waals surface area contributed by atoms with Gasteiger partial charge in [0.25, 0.3) is 11.8 Å². The molecule has 0 unspecified atom stereocenters. The largest absolute Gasteiger partial charge is 0.348 e. The minimum absolute atomic E-state index is 0.120. The molecule has 2 aliphatic rings. The molecule has 0 bridgehead atoms. The van der Waals surface area contributed by atoms with Crippen LogP contribution in [0.15, 0.2) is 53.5 Å². The van der Waals surface area contributed by atoms with E-state index in [0.717, 1.165) is 53.6 Å². The lowest BCUT2D eigenvalue weighted by atomic mass is 9.95. The first-order valence-corrected chi connectivity index (χ1v) is 11.4. The first-order valence-electron chi connectivity index (χ1n) is 10.6. The molecule has 1 aliphatic carbocycles. The number of thiophene rings is 1. The second kappa shape index (κ2) is 8.12. The number of nitrogens with zero attached hydrogens (tertiary/aromatic N) is 1. The van der Waals surface area contributed by atoms with Gasteiger partial charge < -0.3 is 10.6 Å². The van der Waals surface area contributed by atoms with Crippen molar-refractivity contribution in [2.75, 3.05) is 5.32 Å². The van der Waals surface area contributed by atoms with Gasteiger partial charge in [-0.3, -0.25) is 9.59 Å². The molecule has 5 nitrogen and oxygen atoms in total. The fraction of sp³-hybridized carbons (Fsp3) is 0.240. The van der Waals surface area contributed by atoms with E-state index in [2.05, 4.69) is 10.6 Å². The highest BCUT2D eigenvalue weighted by Crippen LogP contribution is 2.41. The van der Waals surface area contributed by atoms with Crippen molar-refractivity contribution in [1.82, 2.24) is 5.32 Å². The minimum Gasteiger partial charge on any atom is -0.348 e. The zero-order chi connectivity index (χ0) is 21.4. The third-order valence-electron chi connectivity index (χ3n) is 5.78. The summed E-state index contributed by atoms with van der Waals surface area (Å²) in [5.74, 6) is -0.340. The molecule has 0 radical (unpaired) electrons. The molecule has 5 rings (SSSR count). The summed E-state index contributed by atoms with van der Waals surface area (Å²) in [5.41, 5.74) is 5.80. The van der Waals surface area contributed by atoms with Crippen LogP contribution in [0.4, 0.5) is 10.7 Å². The summed E-state index contributed by atoms with van der Waals surface area (Å²) in [6.07, 6.45) is 4.04. The number of hydrogen-bond acceptors (Lipinski definition) is 4. The normalized spacial score (nSPS) is 16.0. The van der Waals surface area contributed by atoms with Crippen molar-refractivity contribution in [3.63, 3.8) is 0 Å². The van der Waals surface area contributed by atoms with Gasteiger partial charge in [0.15, 0.2) is 0 Å². The van der Waals surface area contributed by atoms with Crippen molar-refractivity contribution in [1.29, 1.82) is 0 Å². The average Bonchev–Trinajstić information content (AvgIpc) is 3.30. The van der Waals surface area contributed by atoms with Gasteiger partial charge in [0.05, 0.1) is 11.3 Å². The van der Waals surface area contributed by atoms with E-state index in [0.29, 0.717) is 22.8 Å². The van der Waals surface area contributed by atoms with Crippen LogP contribution in [0.3, 0.4) is 0 Å². The lowest BCUT2D eigenvalue weighted by Gasteiger charge is -2.13. The number of anilines is 1. The Bertz CT molecular complexity index is 1210. The van der Waals surface area contributed by atoms with E-state index in [1.165, 1.54) is 4.88 Å². The molecule has 6 heteroatoms. The Labute approximate surface area is 185 Å². The number of aryl methyl sites for hydroxylation is 2. The van der Waals surface area contributed by atoms with Crippen molar-refractivity contribution in [3.8, 4) is 0 Å². The topological polar surface area (TPSA) is 70.6 Å². The molecule has 2 heterocycles. The Morgan fingerprint density at radius 3 is 2.77 bits per heavy atom. The van der Waals surface area contributed by atoms with Gasteiger partial charge in [-0.2, -0.15) is 0 Å². The van der Waals surface area contributed by atoms with Crippen LogP contribution >= 0.6 is 11.3 Å². The Morgan fingerprint density at radius 1 is 1.13 bits per heavy atom. The van der Waals surface area contributed by atoms with Crippen LogP contribution in [0.5, 0.6) is 0 Å². The second-order valence-corrected chi connectivity index (χ2v) is 9.11. The first kappa shape index (κ1) is 19.7. The smallest absolute Gasteiger partial charge is 0.275 e. The average molecular weight is 430 g/mol. The van der Waals surface area contributed by atoms with Crippen molar-refractivity contribution in [3.05, 3.63) is 81.2 Å². The Hall–Kier alpha value is -3.25. The number of hydrogen-bond donors (Lipinski definition) is 2. The molecule has 2 amide bonds. The van der Waals surface area contributed by atoms with Crippen molar-refractivity contribution in [2.45, 2.75) is 39.2 Å². The van der Waals surface area contributed by atoms with Gasteiger partial charge in [-0.15, -0.1) is 11.3 Å². The molecule has 0 atom stereocenters. The first-order chi connectivity index (χ1) is 15.1. The van der Waals surface area contributed by atoms with E-state index in [-0.39, 0.29) is 11.8 Å². The van der Waals surface area contributed by atoms with Crippen LogP contribution in [-0.2, 0) is 24.2 Å². The van der Waals surface area contributed by atoms with Crippen molar-refractivity contribution >= 4 is 39.6 Å². The molecule has 156 valence electrons. The molecule has 2 aromatic carbocycles. The fourth-order valence-corrected chi connectivity index (χ4v) is 5.47. The third-order valence-corrected chi connectivity index (χ3v) is 6.97. The maximum atomic E-state index is 13.3. The van der Waals surface area contributed by atoms with Gasteiger partial charge in [-0.25, -0.2) is 4.99 Å². The minimum atomic E-state index is -0.220. The number of carbonyl (C=O) groups is 2. The molecule has 2 N–H and O–H groups in total. The highest BCUT2D eigenvalue weighted by molar-refractivity contribution is 7.16. The van der Waals surface area contributed by atoms with Crippen LogP contribution in [0.25, 0.3) is 0 Å². The summed E-state index contributed by atoms with van der Waals surface area (Å²) in [6.45, 7) is 2.45. The SMILES string of the molecule is Cc1ccc2c(c1)C(=Nc1sc3c(c1C(=O)NCc1ccccc1)CCCC3)C(=O)N2. The van der Waals surface area contributed by atoms with Crippen LogP contribution in [-0.4, -0.2) is 17.5 Å². The van der Waals surface area contributed by atoms with Gasteiger partial charge in [-0.05, 0) is 55.9 Å². The molecule has 0 fully saturated rings. The summed E-state index contributed by atoms with van der Waals surface area (Å²) < 4.78 is 0. The second-order valence-electron chi connectivity index (χ2n) is 8.02. The number of benzene rings is 2. The summed E-state index contributed by atoms with van der Waals surface area (Å²) in [7, 11) is 0.